The minimum Gasteiger partial charge on any atom is -0.361 e. The molecular formula is C19H24N2. The predicted molar refractivity (Wildman–Crippen MR) is 86.0 cm³/mol. The fourth-order valence-electron chi connectivity index (χ4n) is 5.91. The van der Waals surface area contributed by atoms with E-state index in [0.717, 1.165) is 24.3 Å². The van der Waals surface area contributed by atoms with E-state index < -0.39 is 0 Å². The third-order valence-electron chi connectivity index (χ3n) is 6.37. The van der Waals surface area contributed by atoms with Gasteiger partial charge in [-0.1, -0.05) is 18.2 Å². The van der Waals surface area contributed by atoms with Crippen molar-refractivity contribution in [2.24, 2.45) is 17.8 Å². The van der Waals surface area contributed by atoms with Gasteiger partial charge in [0.15, 0.2) is 0 Å². The predicted octanol–water partition coefficient (Wildman–Crippen LogP) is 4.23. The van der Waals surface area contributed by atoms with Crippen molar-refractivity contribution in [1.82, 2.24) is 10.3 Å². The summed E-state index contributed by atoms with van der Waals surface area (Å²) in [5.41, 5.74) is 3.20. The van der Waals surface area contributed by atoms with Crippen LogP contribution in [0.15, 0.2) is 30.5 Å². The quantitative estimate of drug-likeness (QED) is 0.865. The molecule has 2 nitrogen and oxygen atoms in total. The zero-order valence-electron chi connectivity index (χ0n) is 12.6. The number of aromatic nitrogens is 1. The Morgan fingerprint density at radius 1 is 1.00 bits per heavy atom. The van der Waals surface area contributed by atoms with Crippen LogP contribution in [0.2, 0.25) is 0 Å². The largest absolute Gasteiger partial charge is 0.361 e. The smallest absolute Gasteiger partial charge is 0.0499 e. The Bertz CT molecular complexity index is 634. The van der Waals surface area contributed by atoms with Crippen LogP contribution < -0.4 is 5.32 Å². The normalized spacial score (nSPS) is 37.4. The number of hydrogen-bond acceptors (Lipinski definition) is 1. The van der Waals surface area contributed by atoms with E-state index in [1.807, 2.05) is 0 Å². The second kappa shape index (κ2) is 4.36. The van der Waals surface area contributed by atoms with E-state index in [1.54, 1.807) is 0 Å². The van der Waals surface area contributed by atoms with Crippen molar-refractivity contribution >= 4 is 10.9 Å². The molecule has 1 aromatic carbocycles. The highest BCUT2D eigenvalue weighted by molar-refractivity contribution is 5.82. The third kappa shape index (κ3) is 1.96. The van der Waals surface area contributed by atoms with Gasteiger partial charge in [-0.25, -0.2) is 0 Å². The number of H-pyrrole nitrogens is 1. The first-order valence-electron chi connectivity index (χ1n) is 8.60. The summed E-state index contributed by atoms with van der Waals surface area (Å²) in [6.07, 6.45) is 10.9. The van der Waals surface area contributed by atoms with Gasteiger partial charge >= 0.3 is 0 Å². The maximum Gasteiger partial charge on any atom is 0.0499 e. The summed E-state index contributed by atoms with van der Waals surface area (Å²) in [5.74, 6) is 3.06. The average molecular weight is 280 g/mol. The van der Waals surface area contributed by atoms with Crippen molar-refractivity contribution in [1.29, 1.82) is 0 Å². The van der Waals surface area contributed by atoms with Crippen molar-refractivity contribution in [3.05, 3.63) is 36.0 Å². The number of rotatable bonds is 3. The third-order valence-corrected chi connectivity index (χ3v) is 6.37. The van der Waals surface area contributed by atoms with Gasteiger partial charge in [-0.3, -0.25) is 0 Å². The molecular weight excluding hydrogens is 256 g/mol. The second-order valence-electron chi connectivity index (χ2n) is 7.91. The molecule has 4 aliphatic rings. The highest BCUT2D eigenvalue weighted by atomic mass is 15.0. The van der Waals surface area contributed by atoms with Crippen LogP contribution in [0.4, 0.5) is 0 Å². The SMILES string of the molecule is c1cc(CNC23CC4CC(CC(C4)C2)C3)c2[nH]ccc2c1. The lowest BCUT2D eigenvalue weighted by Crippen LogP contribution is -2.58. The van der Waals surface area contributed by atoms with Crippen molar-refractivity contribution < 1.29 is 0 Å². The summed E-state index contributed by atoms with van der Waals surface area (Å²) in [5, 5.41) is 5.34. The maximum absolute atomic E-state index is 4.01. The van der Waals surface area contributed by atoms with Crippen LogP contribution in [0, 0.1) is 17.8 Å². The molecule has 2 heteroatoms. The maximum atomic E-state index is 4.01. The van der Waals surface area contributed by atoms with E-state index in [0.29, 0.717) is 5.54 Å². The van der Waals surface area contributed by atoms with E-state index in [2.05, 4.69) is 40.8 Å². The Balaban J connectivity index is 1.39. The number of benzene rings is 1. The molecule has 4 bridgehead atoms. The Labute approximate surface area is 126 Å². The first-order chi connectivity index (χ1) is 10.3. The van der Waals surface area contributed by atoms with E-state index in [4.69, 9.17) is 0 Å². The van der Waals surface area contributed by atoms with Crippen LogP contribution in [0.1, 0.15) is 44.1 Å². The van der Waals surface area contributed by atoms with Crippen molar-refractivity contribution in [2.75, 3.05) is 0 Å². The Kier molecular flexibility index (Phi) is 2.55. The van der Waals surface area contributed by atoms with Crippen molar-refractivity contribution in [2.45, 2.75) is 50.6 Å². The topological polar surface area (TPSA) is 27.8 Å². The van der Waals surface area contributed by atoms with Gasteiger partial charge in [0.2, 0.25) is 0 Å². The summed E-state index contributed by atoms with van der Waals surface area (Å²) in [4.78, 5) is 3.41. The van der Waals surface area contributed by atoms with Crippen LogP contribution in [-0.4, -0.2) is 10.5 Å². The molecule has 110 valence electrons. The van der Waals surface area contributed by atoms with Crippen LogP contribution in [0.5, 0.6) is 0 Å². The molecule has 0 saturated heterocycles. The fraction of sp³-hybridized carbons (Fsp3) is 0.579. The minimum atomic E-state index is 0.462. The molecule has 0 amide bonds. The summed E-state index contributed by atoms with van der Waals surface area (Å²) in [6.45, 7) is 1.02. The standard InChI is InChI=1S/C19H24N2/c1-2-16-4-5-20-18(16)17(3-1)12-21-19-9-13-6-14(10-19)8-15(7-13)11-19/h1-5,13-15,20-21H,6-12H2. The number of aromatic amines is 1. The zero-order valence-corrected chi connectivity index (χ0v) is 12.6. The van der Waals surface area contributed by atoms with Gasteiger partial charge in [0.1, 0.15) is 0 Å². The van der Waals surface area contributed by atoms with Gasteiger partial charge in [-0.15, -0.1) is 0 Å². The Morgan fingerprint density at radius 2 is 1.71 bits per heavy atom. The molecule has 6 rings (SSSR count). The number of nitrogens with one attached hydrogen (secondary N) is 2. The van der Waals surface area contributed by atoms with Gasteiger partial charge < -0.3 is 10.3 Å². The van der Waals surface area contributed by atoms with E-state index >= 15 is 0 Å². The lowest BCUT2D eigenvalue weighted by atomic mass is 9.53. The summed E-state index contributed by atoms with van der Waals surface area (Å²) >= 11 is 0. The highest BCUT2D eigenvalue weighted by Gasteiger charge is 2.50. The van der Waals surface area contributed by atoms with E-state index in [1.165, 1.54) is 55.0 Å². The van der Waals surface area contributed by atoms with Gasteiger partial charge in [0.05, 0.1) is 0 Å². The molecule has 0 radical (unpaired) electrons. The lowest BCUT2D eigenvalue weighted by Gasteiger charge is -2.57. The minimum absolute atomic E-state index is 0.462. The Hall–Kier alpha value is -1.28. The van der Waals surface area contributed by atoms with Gasteiger partial charge in [-0.05, 0) is 73.3 Å². The summed E-state index contributed by atoms with van der Waals surface area (Å²) in [7, 11) is 0. The molecule has 21 heavy (non-hydrogen) atoms. The molecule has 2 aromatic rings. The molecule has 4 saturated carbocycles. The van der Waals surface area contributed by atoms with Crippen LogP contribution in [0.25, 0.3) is 10.9 Å². The van der Waals surface area contributed by atoms with Gasteiger partial charge in [-0.2, -0.15) is 0 Å². The zero-order chi connectivity index (χ0) is 13.9. The highest BCUT2D eigenvalue weighted by Crippen LogP contribution is 2.55. The van der Waals surface area contributed by atoms with Crippen molar-refractivity contribution in [3.8, 4) is 0 Å². The monoisotopic (exact) mass is 280 g/mol. The molecule has 2 N–H and O–H groups in total. The first kappa shape index (κ1) is 12.3. The van der Waals surface area contributed by atoms with Gasteiger partial charge in [0, 0.05) is 23.8 Å². The van der Waals surface area contributed by atoms with E-state index in [-0.39, 0.29) is 0 Å². The van der Waals surface area contributed by atoms with E-state index in [9.17, 15) is 0 Å². The molecule has 0 aliphatic heterocycles. The molecule has 4 aliphatic carbocycles. The molecule has 1 aromatic heterocycles. The molecule has 0 spiro atoms. The molecule has 4 fully saturated rings. The van der Waals surface area contributed by atoms with Crippen molar-refractivity contribution in [3.63, 3.8) is 0 Å². The number of para-hydroxylation sites is 1. The van der Waals surface area contributed by atoms with Crippen LogP contribution >= 0.6 is 0 Å². The number of hydrogen-bond donors (Lipinski definition) is 2. The number of fused-ring (bicyclic) bond motifs is 1. The first-order valence-corrected chi connectivity index (χ1v) is 8.60. The van der Waals surface area contributed by atoms with Gasteiger partial charge in [0.25, 0.3) is 0 Å². The molecule has 1 heterocycles. The van der Waals surface area contributed by atoms with Crippen LogP contribution in [-0.2, 0) is 6.54 Å². The molecule has 0 unspecified atom stereocenters. The van der Waals surface area contributed by atoms with Crippen LogP contribution in [0.3, 0.4) is 0 Å². The summed E-state index contributed by atoms with van der Waals surface area (Å²) < 4.78 is 0. The Morgan fingerprint density at radius 3 is 2.43 bits per heavy atom. The average Bonchev–Trinajstić information content (AvgIpc) is 2.92. The lowest BCUT2D eigenvalue weighted by molar-refractivity contribution is -0.0205. The molecule has 0 atom stereocenters. The summed E-state index contributed by atoms with van der Waals surface area (Å²) in [6, 6.07) is 8.82. The second-order valence-corrected chi connectivity index (χ2v) is 7.91. The fourth-order valence-corrected chi connectivity index (χ4v) is 5.91.